The fourth-order valence-electron chi connectivity index (χ4n) is 2.73. The van der Waals surface area contributed by atoms with Crippen molar-refractivity contribution in [2.45, 2.75) is 51.3 Å². The van der Waals surface area contributed by atoms with E-state index >= 15 is 0 Å². The minimum absolute atomic E-state index is 0.199. The summed E-state index contributed by atoms with van der Waals surface area (Å²) in [4.78, 5) is 12.2. The van der Waals surface area contributed by atoms with E-state index in [-0.39, 0.29) is 17.6 Å². The molecule has 2 N–H and O–H groups in total. The first kappa shape index (κ1) is 14.8. The van der Waals surface area contributed by atoms with Crippen molar-refractivity contribution in [3.63, 3.8) is 0 Å². The van der Waals surface area contributed by atoms with E-state index in [1.807, 2.05) is 13.1 Å². The van der Waals surface area contributed by atoms with Crippen molar-refractivity contribution in [3.05, 3.63) is 35.5 Å². The molecule has 1 aliphatic carbocycles. The van der Waals surface area contributed by atoms with Gasteiger partial charge in [0.05, 0.1) is 18.3 Å². The lowest BCUT2D eigenvalue weighted by atomic mass is 9.92. The van der Waals surface area contributed by atoms with Crippen molar-refractivity contribution < 1.29 is 14.4 Å². The highest BCUT2D eigenvalue weighted by molar-refractivity contribution is 5.92. The minimum Gasteiger partial charge on any atom is -0.391 e. The van der Waals surface area contributed by atoms with Crippen LogP contribution < -0.4 is 5.32 Å². The van der Waals surface area contributed by atoms with E-state index in [1.54, 1.807) is 16.9 Å². The molecule has 2 aromatic heterocycles. The topological polar surface area (TPSA) is 93.2 Å². The van der Waals surface area contributed by atoms with E-state index in [1.165, 1.54) is 0 Å². The zero-order valence-corrected chi connectivity index (χ0v) is 12.5. The lowest BCUT2D eigenvalue weighted by Gasteiger charge is -2.27. The molecule has 0 saturated heterocycles. The molecule has 1 aliphatic rings. The molecule has 2 atom stereocenters. The number of aryl methyl sites for hydroxylation is 1. The van der Waals surface area contributed by atoms with Crippen molar-refractivity contribution in [2.24, 2.45) is 0 Å². The van der Waals surface area contributed by atoms with Gasteiger partial charge in [-0.25, -0.2) is 0 Å². The number of aliphatic hydroxyl groups is 1. The van der Waals surface area contributed by atoms with Gasteiger partial charge in [0, 0.05) is 12.3 Å². The molecular formula is C15H20N4O3. The van der Waals surface area contributed by atoms with E-state index in [9.17, 15) is 9.90 Å². The van der Waals surface area contributed by atoms with Crippen LogP contribution in [0.4, 0.5) is 0 Å². The quantitative estimate of drug-likeness (QED) is 0.887. The van der Waals surface area contributed by atoms with E-state index in [0.29, 0.717) is 12.3 Å². The molecule has 1 amide bonds. The van der Waals surface area contributed by atoms with Crippen molar-refractivity contribution >= 4 is 5.91 Å². The number of carbonyl (C=O) groups is 1. The lowest BCUT2D eigenvalue weighted by Crippen LogP contribution is -2.45. The molecule has 118 valence electrons. The van der Waals surface area contributed by atoms with Crippen molar-refractivity contribution in [1.82, 2.24) is 20.3 Å². The number of nitrogens with zero attached hydrogens (tertiary/aromatic N) is 3. The van der Waals surface area contributed by atoms with Gasteiger partial charge in [0.1, 0.15) is 6.54 Å². The highest BCUT2D eigenvalue weighted by Gasteiger charge is 2.26. The molecule has 1 saturated carbocycles. The molecule has 2 heterocycles. The SMILES string of the molecule is Cc1cnn(Cc2cc(C(=O)NC3CCCCC3O)no2)c1. The van der Waals surface area contributed by atoms with E-state index < -0.39 is 6.10 Å². The molecule has 2 unspecified atom stereocenters. The fourth-order valence-corrected chi connectivity index (χ4v) is 2.73. The molecule has 22 heavy (non-hydrogen) atoms. The Kier molecular flexibility index (Phi) is 4.24. The molecular weight excluding hydrogens is 284 g/mol. The van der Waals surface area contributed by atoms with Gasteiger partial charge in [-0.05, 0) is 25.3 Å². The summed E-state index contributed by atoms with van der Waals surface area (Å²) in [7, 11) is 0. The van der Waals surface area contributed by atoms with Crippen LogP contribution in [0.25, 0.3) is 0 Å². The number of rotatable bonds is 4. The van der Waals surface area contributed by atoms with Gasteiger partial charge in [0.15, 0.2) is 11.5 Å². The molecule has 0 aliphatic heterocycles. The van der Waals surface area contributed by atoms with Crippen LogP contribution in [0.1, 0.15) is 47.5 Å². The number of aliphatic hydroxyl groups excluding tert-OH is 1. The molecule has 3 rings (SSSR count). The fraction of sp³-hybridized carbons (Fsp3) is 0.533. The standard InChI is InChI=1S/C15H20N4O3/c1-10-7-16-19(8-10)9-11-6-13(18-22-11)15(21)17-12-4-2-3-5-14(12)20/h6-8,12,14,20H,2-5,9H2,1H3,(H,17,21). The maximum atomic E-state index is 12.2. The predicted octanol–water partition coefficient (Wildman–Crippen LogP) is 1.26. The Morgan fingerprint density at radius 3 is 3.05 bits per heavy atom. The van der Waals surface area contributed by atoms with Crippen LogP contribution in [0.5, 0.6) is 0 Å². The van der Waals surface area contributed by atoms with Crippen LogP contribution in [0, 0.1) is 6.92 Å². The monoisotopic (exact) mass is 304 g/mol. The molecule has 0 radical (unpaired) electrons. The van der Waals surface area contributed by atoms with E-state index in [4.69, 9.17) is 4.52 Å². The smallest absolute Gasteiger partial charge is 0.273 e. The number of nitrogens with one attached hydrogen (secondary N) is 1. The van der Waals surface area contributed by atoms with Gasteiger partial charge in [-0.3, -0.25) is 9.48 Å². The molecule has 0 bridgehead atoms. The van der Waals surface area contributed by atoms with Crippen LogP contribution in [-0.4, -0.2) is 38.1 Å². The first-order chi connectivity index (χ1) is 10.6. The number of amides is 1. The number of carbonyl (C=O) groups excluding carboxylic acids is 1. The van der Waals surface area contributed by atoms with E-state index in [2.05, 4.69) is 15.6 Å². The van der Waals surface area contributed by atoms with Gasteiger partial charge in [0.2, 0.25) is 0 Å². The normalized spacial score (nSPS) is 21.7. The Balaban J connectivity index is 1.61. The summed E-state index contributed by atoms with van der Waals surface area (Å²) < 4.78 is 6.91. The second kappa shape index (κ2) is 6.31. The Morgan fingerprint density at radius 2 is 2.32 bits per heavy atom. The summed E-state index contributed by atoms with van der Waals surface area (Å²) in [6, 6.07) is 1.41. The summed E-state index contributed by atoms with van der Waals surface area (Å²) in [6.45, 7) is 2.39. The lowest BCUT2D eigenvalue weighted by molar-refractivity contribution is 0.0711. The van der Waals surface area contributed by atoms with Gasteiger partial charge in [0.25, 0.3) is 5.91 Å². The van der Waals surface area contributed by atoms with Gasteiger partial charge >= 0.3 is 0 Å². The third kappa shape index (κ3) is 3.36. The summed E-state index contributed by atoms with van der Waals surface area (Å²) >= 11 is 0. The minimum atomic E-state index is -0.476. The third-order valence-electron chi connectivity index (χ3n) is 3.92. The zero-order valence-electron chi connectivity index (χ0n) is 12.5. The van der Waals surface area contributed by atoms with Gasteiger partial charge in [-0.15, -0.1) is 0 Å². The zero-order chi connectivity index (χ0) is 15.5. The van der Waals surface area contributed by atoms with E-state index in [0.717, 1.165) is 31.2 Å². The maximum Gasteiger partial charge on any atom is 0.273 e. The summed E-state index contributed by atoms with van der Waals surface area (Å²) in [5.41, 5.74) is 1.29. The Bertz CT molecular complexity index is 649. The van der Waals surface area contributed by atoms with Gasteiger partial charge in [-0.1, -0.05) is 18.0 Å². The van der Waals surface area contributed by atoms with Gasteiger partial charge < -0.3 is 14.9 Å². The molecule has 0 aromatic carbocycles. The van der Waals surface area contributed by atoms with Crippen LogP contribution in [0.3, 0.4) is 0 Å². The summed E-state index contributed by atoms with van der Waals surface area (Å²) in [5, 5.41) is 20.7. The van der Waals surface area contributed by atoms with Crippen molar-refractivity contribution in [2.75, 3.05) is 0 Å². The Morgan fingerprint density at radius 1 is 1.50 bits per heavy atom. The largest absolute Gasteiger partial charge is 0.391 e. The highest BCUT2D eigenvalue weighted by atomic mass is 16.5. The number of hydrogen-bond acceptors (Lipinski definition) is 5. The van der Waals surface area contributed by atoms with Crippen molar-refractivity contribution in [3.8, 4) is 0 Å². The Hall–Kier alpha value is -2.15. The summed E-state index contributed by atoms with van der Waals surface area (Å²) in [6.07, 6.45) is 6.72. The number of aromatic nitrogens is 3. The molecule has 7 nitrogen and oxygen atoms in total. The van der Waals surface area contributed by atoms with Crippen LogP contribution in [0.2, 0.25) is 0 Å². The number of hydrogen-bond donors (Lipinski definition) is 2. The van der Waals surface area contributed by atoms with Crippen LogP contribution in [-0.2, 0) is 6.54 Å². The average molecular weight is 304 g/mol. The van der Waals surface area contributed by atoms with Crippen LogP contribution >= 0.6 is 0 Å². The first-order valence-corrected chi connectivity index (χ1v) is 7.55. The summed E-state index contributed by atoms with van der Waals surface area (Å²) in [5.74, 6) is 0.259. The van der Waals surface area contributed by atoms with Crippen molar-refractivity contribution in [1.29, 1.82) is 0 Å². The second-order valence-electron chi connectivity index (χ2n) is 5.83. The average Bonchev–Trinajstić information content (AvgIpc) is 3.11. The van der Waals surface area contributed by atoms with Gasteiger partial charge in [-0.2, -0.15) is 5.10 Å². The first-order valence-electron chi connectivity index (χ1n) is 7.55. The van der Waals surface area contributed by atoms with Crippen LogP contribution in [0.15, 0.2) is 23.0 Å². The maximum absolute atomic E-state index is 12.2. The second-order valence-corrected chi connectivity index (χ2v) is 5.83. The molecule has 0 spiro atoms. The third-order valence-corrected chi connectivity index (χ3v) is 3.92. The predicted molar refractivity (Wildman–Crippen MR) is 78.3 cm³/mol. The Labute approximate surface area is 128 Å². The molecule has 2 aromatic rings. The molecule has 7 heteroatoms. The highest BCUT2D eigenvalue weighted by Crippen LogP contribution is 2.18. The molecule has 1 fully saturated rings.